The Morgan fingerprint density at radius 3 is 2.37 bits per heavy atom. The third kappa shape index (κ3) is 4.44. The molecule has 3 N–H and O–H groups in total. The molecule has 5 nitrogen and oxygen atoms in total. The highest BCUT2D eigenvalue weighted by atomic mass is 16.5. The zero-order valence-electron chi connectivity index (χ0n) is 11.7. The number of rotatable bonds is 8. The van der Waals surface area contributed by atoms with Gasteiger partial charge in [0.05, 0.1) is 19.3 Å². The lowest BCUT2D eigenvalue weighted by molar-refractivity contribution is -0.123. The summed E-state index contributed by atoms with van der Waals surface area (Å²) in [7, 11) is 3.35. The van der Waals surface area contributed by atoms with Crippen molar-refractivity contribution in [3.05, 3.63) is 24.3 Å². The summed E-state index contributed by atoms with van der Waals surface area (Å²) in [5.41, 5.74) is 4.67. The minimum Gasteiger partial charge on any atom is -0.497 e. The molecule has 0 fully saturated rings. The van der Waals surface area contributed by atoms with E-state index in [2.05, 4.69) is 5.32 Å². The Morgan fingerprint density at radius 1 is 1.32 bits per heavy atom. The van der Waals surface area contributed by atoms with Gasteiger partial charge >= 0.3 is 0 Å². The van der Waals surface area contributed by atoms with E-state index >= 15 is 0 Å². The number of primary amides is 1. The summed E-state index contributed by atoms with van der Waals surface area (Å²) in [6, 6.07) is 7.39. The van der Waals surface area contributed by atoms with Crippen molar-refractivity contribution in [1.29, 1.82) is 0 Å². The van der Waals surface area contributed by atoms with Crippen molar-refractivity contribution in [3.63, 3.8) is 0 Å². The van der Waals surface area contributed by atoms with Gasteiger partial charge in [-0.2, -0.15) is 0 Å². The van der Waals surface area contributed by atoms with Gasteiger partial charge in [-0.3, -0.25) is 4.79 Å². The predicted octanol–water partition coefficient (Wildman–Crippen LogP) is 1.32. The summed E-state index contributed by atoms with van der Waals surface area (Å²) in [6.07, 6.45) is 1.38. The van der Waals surface area contributed by atoms with Gasteiger partial charge in [0.1, 0.15) is 11.5 Å². The fourth-order valence-electron chi connectivity index (χ4n) is 1.66. The maximum Gasteiger partial charge on any atom is 0.237 e. The molecule has 0 heterocycles. The van der Waals surface area contributed by atoms with Crippen LogP contribution in [0.3, 0.4) is 0 Å². The highest BCUT2D eigenvalue weighted by molar-refractivity contribution is 5.84. The van der Waals surface area contributed by atoms with Gasteiger partial charge in [0, 0.05) is 0 Å². The van der Waals surface area contributed by atoms with Crippen molar-refractivity contribution >= 4 is 5.91 Å². The fraction of sp³-hybridized carbons (Fsp3) is 0.500. The molecule has 0 radical (unpaired) electrons. The molecule has 1 unspecified atom stereocenters. The molecular weight excluding hydrogens is 244 g/mol. The Morgan fingerprint density at radius 2 is 1.89 bits per heavy atom. The van der Waals surface area contributed by atoms with E-state index in [1.165, 1.54) is 0 Å². The zero-order valence-corrected chi connectivity index (χ0v) is 11.7. The molecule has 0 aromatic heterocycles. The second-order valence-corrected chi connectivity index (χ2v) is 4.57. The number of nitrogens with two attached hydrogens (primary N) is 1. The summed E-state index contributed by atoms with van der Waals surface area (Å²) >= 11 is 0. The summed E-state index contributed by atoms with van der Waals surface area (Å²) < 4.78 is 10.7. The number of ether oxygens (including phenoxy) is 2. The average Bonchev–Trinajstić information content (AvgIpc) is 2.43. The van der Waals surface area contributed by atoms with Crippen molar-refractivity contribution < 1.29 is 14.3 Å². The Hall–Kier alpha value is -1.75. The van der Waals surface area contributed by atoms with Crippen molar-refractivity contribution in [3.8, 4) is 11.5 Å². The molecule has 0 bridgehead atoms. The third-order valence-electron chi connectivity index (χ3n) is 3.24. The van der Waals surface area contributed by atoms with Gasteiger partial charge in [0.25, 0.3) is 0 Å². The maximum absolute atomic E-state index is 11.3. The van der Waals surface area contributed by atoms with E-state index in [9.17, 15) is 4.79 Å². The van der Waals surface area contributed by atoms with E-state index in [-0.39, 0.29) is 5.91 Å². The standard InChI is InChI=1S/C14H22N2O3/c1-14(16-2,13(15)17)9-4-10-19-12-7-5-11(18-3)6-8-12/h5-8,16H,4,9-10H2,1-3H3,(H2,15,17). The Bertz CT molecular complexity index is 406. The molecular formula is C14H22N2O3. The average molecular weight is 266 g/mol. The molecule has 0 saturated heterocycles. The molecule has 19 heavy (non-hydrogen) atoms. The highest BCUT2D eigenvalue weighted by Gasteiger charge is 2.27. The first-order valence-electron chi connectivity index (χ1n) is 6.27. The molecule has 1 atom stereocenters. The van der Waals surface area contributed by atoms with Gasteiger partial charge in [-0.25, -0.2) is 0 Å². The maximum atomic E-state index is 11.3. The molecule has 0 aliphatic heterocycles. The predicted molar refractivity (Wildman–Crippen MR) is 74.4 cm³/mol. The minimum atomic E-state index is -0.677. The number of methoxy groups -OCH3 is 1. The van der Waals surface area contributed by atoms with Gasteiger partial charge in [0.15, 0.2) is 0 Å². The highest BCUT2D eigenvalue weighted by Crippen LogP contribution is 2.18. The van der Waals surface area contributed by atoms with E-state index in [4.69, 9.17) is 15.2 Å². The third-order valence-corrected chi connectivity index (χ3v) is 3.24. The van der Waals surface area contributed by atoms with Crippen LogP contribution in [0.2, 0.25) is 0 Å². The number of hydrogen-bond acceptors (Lipinski definition) is 4. The van der Waals surface area contributed by atoms with Crippen LogP contribution in [0.4, 0.5) is 0 Å². The van der Waals surface area contributed by atoms with Crippen LogP contribution in [0.1, 0.15) is 19.8 Å². The van der Waals surface area contributed by atoms with Crippen LogP contribution in [-0.2, 0) is 4.79 Å². The number of likely N-dealkylation sites (N-methyl/N-ethyl adjacent to an activating group) is 1. The van der Waals surface area contributed by atoms with Crippen LogP contribution in [-0.4, -0.2) is 32.2 Å². The van der Waals surface area contributed by atoms with Gasteiger partial charge in [-0.15, -0.1) is 0 Å². The zero-order chi connectivity index (χ0) is 14.3. The molecule has 0 spiro atoms. The first kappa shape index (κ1) is 15.3. The second-order valence-electron chi connectivity index (χ2n) is 4.57. The van der Waals surface area contributed by atoms with Crippen LogP contribution in [0.15, 0.2) is 24.3 Å². The summed E-state index contributed by atoms with van der Waals surface area (Å²) in [5.74, 6) is 1.23. The van der Waals surface area contributed by atoms with E-state index in [0.717, 1.165) is 17.9 Å². The van der Waals surface area contributed by atoms with Crippen LogP contribution in [0.5, 0.6) is 11.5 Å². The lowest BCUT2D eigenvalue weighted by atomic mass is 9.95. The van der Waals surface area contributed by atoms with E-state index in [0.29, 0.717) is 13.0 Å². The SMILES string of the molecule is CNC(C)(CCCOc1ccc(OC)cc1)C(N)=O. The Labute approximate surface area is 114 Å². The van der Waals surface area contributed by atoms with Gasteiger partial charge in [-0.05, 0) is 51.1 Å². The van der Waals surface area contributed by atoms with Crippen molar-refractivity contribution in [2.75, 3.05) is 20.8 Å². The molecule has 1 aromatic rings. The number of benzene rings is 1. The molecule has 5 heteroatoms. The Kier molecular flexibility index (Phi) is 5.63. The van der Waals surface area contributed by atoms with Crippen molar-refractivity contribution in [1.82, 2.24) is 5.32 Å². The van der Waals surface area contributed by atoms with E-state index in [1.807, 2.05) is 24.3 Å². The van der Waals surface area contributed by atoms with Crippen LogP contribution in [0, 0.1) is 0 Å². The first-order chi connectivity index (χ1) is 9.01. The second kappa shape index (κ2) is 6.99. The fourth-order valence-corrected chi connectivity index (χ4v) is 1.66. The lowest BCUT2D eigenvalue weighted by Gasteiger charge is -2.25. The largest absolute Gasteiger partial charge is 0.497 e. The molecule has 0 aliphatic rings. The summed E-state index contributed by atoms with van der Waals surface area (Å²) in [5, 5.41) is 2.95. The van der Waals surface area contributed by atoms with Crippen molar-refractivity contribution in [2.24, 2.45) is 5.73 Å². The quantitative estimate of drug-likeness (QED) is 0.696. The molecule has 0 aliphatic carbocycles. The number of amides is 1. The normalized spacial score (nSPS) is 13.6. The van der Waals surface area contributed by atoms with Crippen LogP contribution in [0.25, 0.3) is 0 Å². The number of nitrogens with one attached hydrogen (secondary N) is 1. The lowest BCUT2D eigenvalue weighted by Crippen LogP contribution is -2.51. The molecule has 1 rings (SSSR count). The summed E-state index contributed by atoms with van der Waals surface area (Å²) in [6.45, 7) is 2.33. The topological polar surface area (TPSA) is 73.6 Å². The van der Waals surface area contributed by atoms with E-state index < -0.39 is 5.54 Å². The molecule has 1 aromatic carbocycles. The van der Waals surface area contributed by atoms with Gasteiger partial charge < -0.3 is 20.5 Å². The van der Waals surface area contributed by atoms with Gasteiger partial charge in [0.2, 0.25) is 5.91 Å². The minimum absolute atomic E-state index is 0.348. The molecule has 106 valence electrons. The number of carbonyl (C=O) groups excluding carboxylic acids is 1. The first-order valence-corrected chi connectivity index (χ1v) is 6.27. The molecule has 0 saturated carbocycles. The van der Waals surface area contributed by atoms with Crippen molar-refractivity contribution in [2.45, 2.75) is 25.3 Å². The summed E-state index contributed by atoms with van der Waals surface area (Å²) in [4.78, 5) is 11.3. The van der Waals surface area contributed by atoms with Crippen LogP contribution < -0.4 is 20.5 Å². The number of hydrogen-bond donors (Lipinski definition) is 2. The van der Waals surface area contributed by atoms with Gasteiger partial charge in [-0.1, -0.05) is 0 Å². The number of carbonyl (C=O) groups is 1. The molecule has 1 amide bonds. The smallest absolute Gasteiger partial charge is 0.237 e. The monoisotopic (exact) mass is 266 g/mol. The van der Waals surface area contributed by atoms with Crippen LogP contribution >= 0.6 is 0 Å². The van der Waals surface area contributed by atoms with E-state index in [1.54, 1.807) is 21.1 Å². The Balaban J connectivity index is 2.35.